The average Bonchev–Trinajstić information content (AvgIpc) is 2.56. The van der Waals surface area contributed by atoms with Crippen LogP contribution < -0.4 is 17.2 Å². The number of carboxylic acid groups (broad SMARTS) is 3. The molecule has 25 heavy (non-hydrogen) atoms. The van der Waals surface area contributed by atoms with Gasteiger partial charge >= 0.3 is 17.9 Å². The molecule has 1 rings (SSSR count). The maximum Gasteiger partial charge on any atom is 0.322 e. The van der Waals surface area contributed by atoms with Gasteiger partial charge in [0.15, 0.2) is 0 Å². The summed E-state index contributed by atoms with van der Waals surface area (Å²) in [4.78, 5) is 29.3. The highest BCUT2D eigenvalue weighted by atomic mass is 16.4. The number of aliphatic hydroxyl groups is 1. The van der Waals surface area contributed by atoms with E-state index in [0.29, 0.717) is 0 Å². The number of aliphatic hydroxyl groups excluding tert-OH is 1. The number of rotatable bonds is 6. The molecule has 0 bridgehead atoms. The maximum absolute atomic E-state index is 10.4. The van der Waals surface area contributed by atoms with E-state index in [9.17, 15) is 14.4 Å². The lowest BCUT2D eigenvalue weighted by Gasteiger charge is -2.05. The maximum atomic E-state index is 10.4. The van der Waals surface area contributed by atoms with E-state index in [-0.39, 0.29) is 18.7 Å². The molecule has 1 aromatic carbocycles. The third-order valence-corrected chi connectivity index (χ3v) is 2.40. The van der Waals surface area contributed by atoms with E-state index < -0.39 is 36.6 Å². The van der Waals surface area contributed by atoms with Crippen LogP contribution in [-0.2, 0) is 20.8 Å². The van der Waals surface area contributed by atoms with Gasteiger partial charge in [0.05, 0.1) is 13.2 Å². The molecule has 0 saturated carbocycles. The summed E-state index contributed by atoms with van der Waals surface area (Å²) in [6, 6.07) is 4.30. The van der Waals surface area contributed by atoms with Crippen molar-refractivity contribution in [3.63, 3.8) is 0 Å². The highest BCUT2D eigenvalue weighted by Gasteiger charge is 2.11. The fourth-order valence-electron chi connectivity index (χ4n) is 1.05. The van der Waals surface area contributed by atoms with E-state index in [4.69, 9.17) is 37.0 Å². The van der Waals surface area contributed by atoms with Crippen molar-refractivity contribution in [2.24, 2.45) is 17.2 Å². The van der Waals surface area contributed by atoms with Crippen molar-refractivity contribution in [3.05, 3.63) is 29.8 Å². The lowest BCUT2D eigenvalue weighted by atomic mass is 10.1. The fraction of sp³-hybridized carbons (Fsp3) is 0.357. The van der Waals surface area contributed by atoms with Gasteiger partial charge in [-0.25, -0.2) is 0 Å². The SMILES string of the molecule is NCC(=O)O.N[C@@H](CO)C(=O)O.N[C@@H](Cc1ccc(O)cc1)C(=O)O. The van der Waals surface area contributed by atoms with Crippen LogP contribution in [0.1, 0.15) is 5.56 Å². The van der Waals surface area contributed by atoms with Gasteiger partial charge in [-0.15, -0.1) is 0 Å². The number of aliphatic carboxylic acids is 3. The predicted molar refractivity (Wildman–Crippen MR) is 86.8 cm³/mol. The molecule has 1 aromatic rings. The summed E-state index contributed by atoms with van der Waals surface area (Å²) >= 11 is 0. The Morgan fingerprint density at radius 1 is 0.920 bits per heavy atom. The molecule has 11 N–H and O–H groups in total. The first-order valence-corrected chi connectivity index (χ1v) is 6.82. The van der Waals surface area contributed by atoms with Gasteiger partial charge in [-0.3, -0.25) is 14.4 Å². The van der Waals surface area contributed by atoms with Crippen LogP contribution in [0.4, 0.5) is 0 Å². The van der Waals surface area contributed by atoms with Gasteiger partial charge in [0, 0.05) is 0 Å². The Bertz CT molecular complexity index is 535. The number of hydrogen-bond acceptors (Lipinski definition) is 8. The van der Waals surface area contributed by atoms with E-state index in [1.165, 1.54) is 12.1 Å². The third kappa shape index (κ3) is 14.6. The van der Waals surface area contributed by atoms with Crippen LogP contribution in [0.2, 0.25) is 0 Å². The number of phenolic OH excluding ortho intramolecular Hbond substituents is 1. The van der Waals surface area contributed by atoms with E-state index in [1.54, 1.807) is 12.1 Å². The normalized spacial score (nSPS) is 11.7. The molecule has 0 unspecified atom stereocenters. The summed E-state index contributed by atoms with van der Waals surface area (Å²) in [5.74, 6) is -3.01. The Morgan fingerprint density at radius 3 is 1.56 bits per heavy atom. The second-order valence-electron chi connectivity index (χ2n) is 4.54. The van der Waals surface area contributed by atoms with Crippen LogP contribution >= 0.6 is 0 Å². The van der Waals surface area contributed by atoms with Crippen LogP contribution in [-0.4, -0.2) is 68.7 Å². The van der Waals surface area contributed by atoms with Crippen molar-refractivity contribution in [3.8, 4) is 5.75 Å². The Balaban J connectivity index is 0. The van der Waals surface area contributed by atoms with Crippen molar-refractivity contribution in [1.82, 2.24) is 0 Å². The summed E-state index contributed by atoms with van der Waals surface area (Å²) in [7, 11) is 0. The zero-order valence-corrected chi connectivity index (χ0v) is 13.3. The molecule has 0 radical (unpaired) electrons. The first-order chi connectivity index (χ1) is 11.5. The quantitative estimate of drug-likeness (QED) is 0.270. The number of carbonyl (C=O) groups is 3. The summed E-state index contributed by atoms with van der Waals surface area (Å²) < 4.78 is 0. The first-order valence-electron chi connectivity index (χ1n) is 6.82. The van der Waals surface area contributed by atoms with Gasteiger partial charge in [0.25, 0.3) is 0 Å². The van der Waals surface area contributed by atoms with E-state index in [0.717, 1.165) is 5.56 Å². The molecule has 11 nitrogen and oxygen atoms in total. The molecule has 0 aliphatic heterocycles. The van der Waals surface area contributed by atoms with E-state index >= 15 is 0 Å². The number of aromatic hydroxyl groups is 1. The standard InChI is InChI=1S/C9H11NO3.C3H7NO3.C2H5NO2/c10-8(9(12)13)5-6-1-3-7(11)4-2-6;4-2(1-5)3(6)7;3-1-2(4)5/h1-4,8,11H,5,10H2,(H,12,13);2,5H,1,4H2,(H,6,7);1,3H2,(H,4,5)/t8-;2-;/m00./s1. The number of benzene rings is 1. The predicted octanol–water partition coefficient (Wildman–Crippen LogP) is -2.23. The largest absolute Gasteiger partial charge is 0.508 e. The number of hydrogen-bond donors (Lipinski definition) is 8. The molecule has 0 aliphatic rings. The topological polar surface area (TPSA) is 230 Å². The minimum absolute atomic E-state index is 0.160. The van der Waals surface area contributed by atoms with Gasteiger partial charge in [-0.05, 0) is 24.1 Å². The molecular formula is C14H23N3O8. The van der Waals surface area contributed by atoms with Crippen molar-refractivity contribution in [2.75, 3.05) is 13.2 Å². The van der Waals surface area contributed by atoms with Gasteiger partial charge in [0.1, 0.15) is 17.8 Å². The molecule has 0 amide bonds. The molecule has 0 spiro atoms. The van der Waals surface area contributed by atoms with Crippen molar-refractivity contribution < 1.29 is 39.9 Å². The van der Waals surface area contributed by atoms with Crippen LogP contribution in [0.25, 0.3) is 0 Å². The Kier molecular flexibility index (Phi) is 13.4. The zero-order chi connectivity index (χ0) is 20.0. The molecule has 2 atom stereocenters. The van der Waals surface area contributed by atoms with Crippen LogP contribution in [0.15, 0.2) is 24.3 Å². The zero-order valence-electron chi connectivity index (χ0n) is 13.3. The molecule has 0 fully saturated rings. The van der Waals surface area contributed by atoms with Gasteiger partial charge in [-0.1, -0.05) is 12.1 Å². The van der Waals surface area contributed by atoms with E-state index in [2.05, 4.69) is 5.73 Å². The summed E-state index contributed by atoms with van der Waals surface area (Å²) in [6.45, 7) is -0.782. The minimum atomic E-state index is -1.18. The minimum Gasteiger partial charge on any atom is -0.508 e. The lowest BCUT2D eigenvalue weighted by Crippen LogP contribution is -2.33. The lowest BCUT2D eigenvalue weighted by molar-refractivity contribution is -0.140. The third-order valence-electron chi connectivity index (χ3n) is 2.40. The highest BCUT2D eigenvalue weighted by molar-refractivity contribution is 5.73. The average molecular weight is 361 g/mol. The van der Waals surface area contributed by atoms with Gasteiger partial charge in [0.2, 0.25) is 0 Å². The van der Waals surface area contributed by atoms with Gasteiger partial charge < -0.3 is 42.7 Å². The number of phenols is 1. The second-order valence-corrected chi connectivity index (χ2v) is 4.54. The molecule has 0 aliphatic carbocycles. The molecule has 11 heteroatoms. The van der Waals surface area contributed by atoms with Crippen LogP contribution in [0, 0.1) is 0 Å². The fourth-order valence-corrected chi connectivity index (χ4v) is 1.05. The molecular weight excluding hydrogens is 338 g/mol. The summed E-state index contributed by atoms with van der Waals surface area (Å²) in [5, 5.41) is 41.0. The van der Waals surface area contributed by atoms with Crippen molar-refractivity contribution in [2.45, 2.75) is 18.5 Å². The monoisotopic (exact) mass is 361 g/mol. The van der Waals surface area contributed by atoms with Crippen molar-refractivity contribution >= 4 is 17.9 Å². The van der Waals surface area contributed by atoms with Crippen LogP contribution in [0.5, 0.6) is 5.75 Å². The number of carboxylic acids is 3. The number of nitrogens with two attached hydrogens (primary N) is 3. The molecule has 0 heterocycles. The van der Waals surface area contributed by atoms with E-state index in [1.807, 2.05) is 0 Å². The molecule has 142 valence electrons. The molecule has 0 aromatic heterocycles. The summed E-state index contributed by atoms with van der Waals surface area (Å²) in [5.41, 5.74) is 15.5. The first kappa shape index (κ1) is 24.5. The smallest absolute Gasteiger partial charge is 0.322 e. The Morgan fingerprint density at radius 2 is 1.32 bits per heavy atom. The van der Waals surface area contributed by atoms with Gasteiger partial charge in [-0.2, -0.15) is 0 Å². The van der Waals surface area contributed by atoms with Crippen LogP contribution in [0.3, 0.4) is 0 Å². The highest BCUT2D eigenvalue weighted by Crippen LogP contribution is 2.10. The Hall–Kier alpha value is -2.73. The molecule has 0 saturated heterocycles. The van der Waals surface area contributed by atoms with Crippen molar-refractivity contribution in [1.29, 1.82) is 0 Å². The summed E-state index contributed by atoms with van der Waals surface area (Å²) in [6.07, 6.45) is 0.273. The Labute approximate surface area is 143 Å². The second kappa shape index (κ2) is 13.7.